The van der Waals surface area contributed by atoms with E-state index in [2.05, 4.69) is 0 Å². The highest BCUT2D eigenvalue weighted by Crippen LogP contribution is 2.21. The molecule has 0 aliphatic rings. The highest BCUT2D eigenvalue weighted by Gasteiger charge is 2.24. The highest BCUT2D eigenvalue weighted by molar-refractivity contribution is 7.89. The Balaban J connectivity index is 3.07. The highest BCUT2D eigenvalue weighted by atomic mass is 32.2. The third kappa shape index (κ3) is 4.02. The lowest BCUT2D eigenvalue weighted by Crippen LogP contribution is -2.34. The van der Waals surface area contributed by atoms with E-state index in [0.717, 1.165) is 0 Å². The normalized spacial score (nSPS) is 12.1. The first-order valence-corrected chi connectivity index (χ1v) is 8.19. The first-order chi connectivity index (χ1) is 9.47. The van der Waals surface area contributed by atoms with Crippen LogP contribution in [0.4, 0.5) is 0 Å². The van der Waals surface area contributed by atoms with Crippen molar-refractivity contribution in [1.29, 1.82) is 0 Å². The predicted molar refractivity (Wildman–Crippen MR) is 78.0 cm³/mol. The summed E-state index contributed by atoms with van der Waals surface area (Å²) in [6.07, 6.45) is 0. The lowest BCUT2D eigenvalue weighted by atomic mass is 10.2. The van der Waals surface area contributed by atoms with Gasteiger partial charge in [0.1, 0.15) is 0 Å². The molecule has 0 amide bonds. The van der Waals surface area contributed by atoms with Crippen molar-refractivity contribution in [2.75, 3.05) is 26.3 Å². The van der Waals surface area contributed by atoms with Crippen LogP contribution in [0.25, 0.3) is 0 Å². The zero-order valence-corrected chi connectivity index (χ0v) is 13.1. The van der Waals surface area contributed by atoms with Gasteiger partial charge in [-0.05, 0) is 31.0 Å². The van der Waals surface area contributed by atoms with Crippen molar-refractivity contribution in [2.45, 2.75) is 32.3 Å². The summed E-state index contributed by atoms with van der Waals surface area (Å²) in [5.41, 5.74) is 1.27. The number of aliphatic hydroxyl groups excluding tert-OH is 1. The molecule has 0 aromatic heterocycles. The van der Waals surface area contributed by atoms with Gasteiger partial charge in [0.2, 0.25) is 10.0 Å². The molecule has 0 aliphatic heterocycles. The molecule has 0 fully saturated rings. The van der Waals surface area contributed by atoms with Crippen molar-refractivity contribution in [3.8, 4) is 0 Å². The van der Waals surface area contributed by atoms with Crippen molar-refractivity contribution in [3.05, 3.63) is 29.3 Å². The van der Waals surface area contributed by atoms with E-state index in [0.29, 0.717) is 37.4 Å². The van der Waals surface area contributed by atoms with E-state index in [1.54, 1.807) is 26.0 Å². The summed E-state index contributed by atoms with van der Waals surface area (Å²) in [7, 11) is -3.55. The summed E-state index contributed by atoms with van der Waals surface area (Å²) in [6, 6.07) is 4.98. The van der Waals surface area contributed by atoms with E-state index in [9.17, 15) is 8.42 Å². The standard InChI is InChI=1S/C14H23NO4S/c1-4-15(8-9-19-5-2)20(17,18)14-10-13(11-16)7-6-12(14)3/h6-7,10,16H,4-5,8-9,11H2,1-3H3. The van der Waals surface area contributed by atoms with Gasteiger partial charge in [-0.15, -0.1) is 0 Å². The summed E-state index contributed by atoms with van der Waals surface area (Å²) >= 11 is 0. The van der Waals surface area contributed by atoms with Crippen molar-refractivity contribution < 1.29 is 18.3 Å². The minimum Gasteiger partial charge on any atom is -0.392 e. The molecular formula is C14H23NO4S. The number of aliphatic hydroxyl groups is 1. The third-order valence-corrected chi connectivity index (χ3v) is 5.21. The van der Waals surface area contributed by atoms with Crippen LogP contribution in [0.3, 0.4) is 0 Å². The maximum absolute atomic E-state index is 12.6. The fourth-order valence-electron chi connectivity index (χ4n) is 1.92. The Labute approximate surface area is 121 Å². The van der Waals surface area contributed by atoms with Crippen LogP contribution in [-0.2, 0) is 21.4 Å². The number of likely N-dealkylation sites (N-methyl/N-ethyl adjacent to an activating group) is 1. The van der Waals surface area contributed by atoms with Crippen LogP contribution in [0.5, 0.6) is 0 Å². The van der Waals surface area contributed by atoms with Crippen LogP contribution in [0.2, 0.25) is 0 Å². The Hall–Kier alpha value is -0.950. The maximum Gasteiger partial charge on any atom is 0.243 e. The van der Waals surface area contributed by atoms with Gasteiger partial charge in [-0.1, -0.05) is 19.1 Å². The van der Waals surface area contributed by atoms with Crippen LogP contribution in [0, 0.1) is 6.92 Å². The Kier molecular flexibility index (Phi) is 6.61. The first-order valence-electron chi connectivity index (χ1n) is 6.75. The number of benzene rings is 1. The van der Waals surface area contributed by atoms with Crippen LogP contribution in [0.1, 0.15) is 25.0 Å². The molecule has 0 bridgehead atoms. The number of rotatable bonds is 8. The summed E-state index contributed by atoms with van der Waals surface area (Å²) in [5.74, 6) is 0. The molecule has 0 atom stereocenters. The SMILES string of the molecule is CCOCCN(CC)S(=O)(=O)c1cc(CO)ccc1C. The van der Waals surface area contributed by atoms with Crippen molar-refractivity contribution in [2.24, 2.45) is 0 Å². The molecule has 1 aromatic rings. The number of sulfonamides is 1. The van der Waals surface area contributed by atoms with Gasteiger partial charge < -0.3 is 9.84 Å². The lowest BCUT2D eigenvalue weighted by Gasteiger charge is -2.21. The second kappa shape index (κ2) is 7.73. The van der Waals surface area contributed by atoms with Gasteiger partial charge in [-0.2, -0.15) is 4.31 Å². The summed E-state index contributed by atoms with van der Waals surface area (Å²) in [5, 5.41) is 9.16. The average molecular weight is 301 g/mol. The molecule has 0 heterocycles. The maximum atomic E-state index is 12.6. The minimum atomic E-state index is -3.55. The van der Waals surface area contributed by atoms with Gasteiger partial charge in [-0.3, -0.25) is 0 Å². The summed E-state index contributed by atoms with van der Waals surface area (Å²) < 4.78 is 31.9. The number of aryl methyl sites for hydroxylation is 1. The van der Waals surface area contributed by atoms with Gasteiger partial charge in [0.15, 0.2) is 0 Å². The van der Waals surface area contributed by atoms with Gasteiger partial charge >= 0.3 is 0 Å². The third-order valence-electron chi connectivity index (χ3n) is 3.09. The Morgan fingerprint density at radius 1 is 1.30 bits per heavy atom. The molecule has 1 rings (SSSR count). The smallest absolute Gasteiger partial charge is 0.243 e. The Morgan fingerprint density at radius 2 is 2.00 bits per heavy atom. The Bertz CT molecular complexity index is 528. The zero-order valence-electron chi connectivity index (χ0n) is 12.3. The molecule has 1 N–H and O–H groups in total. The van der Waals surface area contributed by atoms with Gasteiger partial charge in [0.25, 0.3) is 0 Å². The molecule has 114 valence electrons. The fourth-order valence-corrected chi connectivity index (χ4v) is 3.63. The van der Waals surface area contributed by atoms with Crippen LogP contribution < -0.4 is 0 Å². The van der Waals surface area contributed by atoms with E-state index in [1.165, 1.54) is 10.4 Å². The molecule has 0 radical (unpaired) electrons. The van der Waals surface area contributed by atoms with E-state index in [-0.39, 0.29) is 11.5 Å². The van der Waals surface area contributed by atoms with E-state index in [4.69, 9.17) is 9.84 Å². The molecule has 20 heavy (non-hydrogen) atoms. The van der Waals surface area contributed by atoms with E-state index in [1.807, 2.05) is 6.92 Å². The average Bonchev–Trinajstić information content (AvgIpc) is 2.43. The number of hydrogen-bond donors (Lipinski definition) is 1. The topological polar surface area (TPSA) is 66.8 Å². The number of nitrogens with zero attached hydrogens (tertiary/aromatic N) is 1. The van der Waals surface area contributed by atoms with Crippen LogP contribution >= 0.6 is 0 Å². The lowest BCUT2D eigenvalue weighted by molar-refractivity contribution is 0.135. The molecule has 0 spiro atoms. The van der Waals surface area contributed by atoms with Gasteiger partial charge in [0.05, 0.1) is 18.1 Å². The van der Waals surface area contributed by atoms with Crippen molar-refractivity contribution >= 4 is 10.0 Å². The molecule has 5 nitrogen and oxygen atoms in total. The molecule has 0 unspecified atom stereocenters. The summed E-state index contributed by atoms with van der Waals surface area (Å²) in [4.78, 5) is 0.252. The number of ether oxygens (including phenoxy) is 1. The minimum absolute atomic E-state index is 0.173. The molecule has 1 aromatic carbocycles. The molecule has 0 saturated heterocycles. The molecule has 0 aliphatic carbocycles. The zero-order chi connectivity index (χ0) is 15.2. The predicted octanol–water partition coefficient (Wildman–Crippen LogP) is 1.53. The van der Waals surface area contributed by atoms with Crippen LogP contribution in [-0.4, -0.2) is 44.1 Å². The van der Waals surface area contributed by atoms with Crippen molar-refractivity contribution in [3.63, 3.8) is 0 Å². The van der Waals surface area contributed by atoms with Gasteiger partial charge in [-0.25, -0.2) is 8.42 Å². The molecule has 6 heteroatoms. The van der Waals surface area contributed by atoms with Crippen LogP contribution in [0.15, 0.2) is 23.1 Å². The van der Waals surface area contributed by atoms with E-state index >= 15 is 0 Å². The second-order valence-corrected chi connectivity index (χ2v) is 6.36. The second-order valence-electron chi connectivity index (χ2n) is 4.45. The van der Waals surface area contributed by atoms with E-state index < -0.39 is 10.0 Å². The largest absolute Gasteiger partial charge is 0.392 e. The first kappa shape index (κ1) is 17.1. The Morgan fingerprint density at radius 3 is 2.55 bits per heavy atom. The van der Waals surface area contributed by atoms with Crippen molar-refractivity contribution in [1.82, 2.24) is 4.31 Å². The number of hydrogen-bond acceptors (Lipinski definition) is 4. The van der Waals surface area contributed by atoms with Gasteiger partial charge in [0, 0.05) is 19.7 Å². The summed E-state index contributed by atoms with van der Waals surface area (Å²) in [6.45, 7) is 6.92. The quantitative estimate of drug-likeness (QED) is 0.740. The molecule has 0 saturated carbocycles. The fraction of sp³-hybridized carbons (Fsp3) is 0.571. The molecular weight excluding hydrogens is 278 g/mol. The monoisotopic (exact) mass is 301 g/mol.